The summed E-state index contributed by atoms with van der Waals surface area (Å²) in [6, 6.07) is 22.5. The van der Waals surface area contributed by atoms with E-state index >= 15 is 0 Å². The van der Waals surface area contributed by atoms with E-state index in [1.54, 1.807) is 17.0 Å². The normalized spacial score (nSPS) is 14.2. The molecule has 4 rings (SSSR count). The summed E-state index contributed by atoms with van der Waals surface area (Å²) in [5, 5.41) is 3.84. The Morgan fingerprint density at radius 1 is 1.00 bits per heavy atom. The second kappa shape index (κ2) is 13.8. The van der Waals surface area contributed by atoms with Crippen molar-refractivity contribution in [2.45, 2.75) is 64.1 Å². The van der Waals surface area contributed by atoms with Crippen molar-refractivity contribution in [3.63, 3.8) is 0 Å². The topological polar surface area (TPSA) is 58.6 Å². The molecule has 0 radical (unpaired) electrons. The zero-order valence-electron chi connectivity index (χ0n) is 21.7. The van der Waals surface area contributed by atoms with Crippen LogP contribution in [0.1, 0.15) is 49.3 Å². The molecule has 3 aromatic carbocycles. The zero-order valence-corrected chi connectivity index (χ0v) is 24.0. The predicted octanol–water partition coefficient (Wildman–Crippen LogP) is 6.74. The minimum atomic E-state index is -0.685. The molecule has 5 nitrogen and oxygen atoms in total. The molecule has 0 spiro atoms. The highest BCUT2D eigenvalue weighted by Gasteiger charge is 2.32. The van der Waals surface area contributed by atoms with Gasteiger partial charge >= 0.3 is 0 Å². The molecule has 1 N–H and O–H groups in total. The molecule has 38 heavy (non-hydrogen) atoms. The number of ether oxygens (including phenoxy) is 1. The summed E-state index contributed by atoms with van der Waals surface area (Å²) in [5.41, 5.74) is 3.06. The fourth-order valence-corrected chi connectivity index (χ4v) is 5.48. The highest BCUT2D eigenvalue weighted by atomic mass is 79.9. The van der Waals surface area contributed by atoms with Gasteiger partial charge in [0.1, 0.15) is 11.8 Å². The van der Waals surface area contributed by atoms with Crippen molar-refractivity contribution in [2.75, 3.05) is 6.61 Å². The number of hydrogen-bond acceptors (Lipinski definition) is 3. The van der Waals surface area contributed by atoms with Gasteiger partial charge < -0.3 is 15.0 Å². The molecule has 1 unspecified atom stereocenters. The number of halogens is 2. The van der Waals surface area contributed by atoms with Gasteiger partial charge in [0.15, 0.2) is 6.61 Å². The Morgan fingerprint density at radius 3 is 2.34 bits per heavy atom. The van der Waals surface area contributed by atoms with Crippen LogP contribution in [0, 0.1) is 0 Å². The predicted molar refractivity (Wildman–Crippen MR) is 155 cm³/mol. The molecule has 200 valence electrons. The molecule has 1 atom stereocenters. The number of aryl methyl sites for hydroxylation is 1. The number of benzene rings is 3. The molecule has 3 aromatic rings. The van der Waals surface area contributed by atoms with Crippen LogP contribution in [0.25, 0.3) is 0 Å². The van der Waals surface area contributed by atoms with Gasteiger partial charge in [-0.2, -0.15) is 0 Å². The Kier molecular flexibility index (Phi) is 10.2. The highest BCUT2D eigenvalue weighted by molar-refractivity contribution is 9.10. The molecule has 1 aliphatic carbocycles. The van der Waals surface area contributed by atoms with Crippen molar-refractivity contribution in [1.29, 1.82) is 0 Å². The first-order valence-corrected chi connectivity index (χ1v) is 14.4. The molecular formula is C31H34BrClN2O3. The number of rotatable bonds is 11. The summed E-state index contributed by atoms with van der Waals surface area (Å²) >= 11 is 9.67. The molecule has 1 fully saturated rings. The third-order valence-electron chi connectivity index (χ3n) is 6.99. The number of nitrogens with zero attached hydrogens (tertiary/aromatic N) is 1. The number of hydrogen-bond donors (Lipinski definition) is 1. The van der Waals surface area contributed by atoms with Crippen LogP contribution >= 0.6 is 27.5 Å². The van der Waals surface area contributed by atoms with Gasteiger partial charge in [-0.3, -0.25) is 9.59 Å². The standard InChI is InChI=1S/C31H34BrClN2O3/c1-2-22-14-17-29(27(32)18-22)38-21-30(36)35(20-24-12-15-25(33)16-13-24)28(19-23-8-4-3-5-9-23)31(37)34-26-10-6-7-11-26/h3-5,8-9,12-18,26,28H,2,6-7,10-11,19-21H2,1H3,(H,34,37). The fourth-order valence-electron chi connectivity index (χ4n) is 4.81. The molecule has 7 heteroatoms. The first-order chi connectivity index (χ1) is 18.4. The molecule has 0 heterocycles. The largest absolute Gasteiger partial charge is 0.483 e. The summed E-state index contributed by atoms with van der Waals surface area (Å²) in [5.74, 6) is 0.211. The third-order valence-corrected chi connectivity index (χ3v) is 7.87. The van der Waals surface area contributed by atoms with E-state index in [1.807, 2.05) is 60.7 Å². The fraction of sp³-hybridized carbons (Fsp3) is 0.355. The highest BCUT2D eigenvalue weighted by Crippen LogP contribution is 2.27. The Labute approximate surface area is 238 Å². The third kappa shape index (κ3) is 7.84. The second-order valence-electron chi connectivity index (χ2n) is 9.75. The van der Waals surface area contributed by atoms with Gasteiger partial charge in [0.25, 0.3) is 5.91 Å². The van der Waals surface area contributed by atoms with Crippen LogP contribution in [0.15, 0.2) is 77.3 Å². The number of carbonyl (C=O) groups excluding carboxylic acids is 2. The maximum absolute atomic E-state index is 13.8. The summed E-state index contributed by atoms with van der Waals surface area (Å²) in [6.07, 6.45) is 5.49. The lowest BCUT2D eigenvalue weighted by molar-refractivity contribution is -0.143. The monoisotopic (exact) mass is 596 g/mol. The van der Waals surface area contributed by atoms with E-state index in [0.29, 0.717) is 17.2 Å². The number of nitrogens with one attached hydrogen (secondary N) is 1. The molecule has 2 amide bonds. The molecular weight excluding hydrogens is 564 g/mol. The minimum Gasteiger partial charge on any atom is -0.483 e. The Bertz CT molecular complexity index is 1210. The molecule has 0 aromatic heterocycles. The Morgan fingerprint density at radius 2 is 1.68 bits per heavy atom. The zero-order chi connectivity index (χ0) is 26.9. The molecule has 0 saturated heterocycles. The second-order valence-corrected chi connectivity index (χ2v) is 11.0. The van der Waals surface area contributed by atoms with Crippen LogP contribution in [-0.2, 0) is 29.0 Å². The molecule has 1 saturated carbocycles. The molecule has 0 bridgehead atoms. The van der Waals surface area contributed by atoms with Crippen LogP contribution in [0.4, 0.5) is 0 Å². The Hall–Kier alpha value is -2.83. The molecule has 0 aliphatic heterocycles. The van der Waals surface area contributed by atoms with Crippen molar-refractivity contribution in [3.8, 4) is 5.75 Å². The van der Waals surface area contributed by atoms with Crippen molar-refractivity contribution in [1.82, 2.24) is 10.2 Å². The number of carbonyl (C=O) groups is 2. The SMILES string of the molecule is CCc1ccc(OCC(=O)N(Cc2ccc(Cl)cc2)C(Cc2ccccc2)C(=O)NC2CCCC2)c(Br)c1. The van der Waals surface area contributed by atoms with Crippen LogP contribution < -0.4 is 10.1 Å². The molecule has 1 aliphatic rings. The maximum atomic E-state index is 13.8. The minimum absolute atomic E-state index is 0.128. The van der Waals surface area contributed by atoms with E-state index in [4.69, 9.17) is 16.3 Å². The Balaban J connectivity index is 1.60. The lowest BCUT2D eigenvalue weighted by Gasteiger charge is -2.32. The lowest BCUT2D eigenvalue weighted by atomic mass is 10.0. The average molecular weight is 598 g/mol. The van der Waals surface area contributed by atoms with E-state index in [2.05, 4.69) is 28.2 Å². The van der Waals surface area contributed by atoms with E-state index < -0.39 is 6.04 Å². The first kappa shape index (κ1) is 28.2. The summed E-state index contributed by atoms with van der Waals surface area (Å²) in [7, 11) is 0. The smallest absolute Gasteiger partial charge is 0.261 e. The van der Waals surface area contributed by atoms with Crippen molar-refractivity contribution in [2.24, 2.45) is 0 Å². The van der Waals surface area contributed by atoms with Crippen LogP contribution in [0.2, 0.25) is 5.02 Å². The van der Waals surface area contributed by atoms with E-state index in [1.165, 1.54) is 5.56 Å². The van der Waals surface area contributed by atoms with Crippen molar-refractivity contribution in [3.05, 3.63) is 99.0 Å². The van der Waals surface area contributed by atoms with E-state index in [0.717, 1.165) is 47.7 Å². The van der Waals surface area contributed by atoms with Gasteiger partial charge in [0.2, 0.25) is 5.91 Å². The summed E-state index contributed by atoms with van der Waals surface area (Å²) in [4.78, 5) is 29.1. The van der Waals surface area contributed by atoms with Gasteiger partial charge in [0, 0.05) is 24.0 Å². The quantitative estimate of drug-likeness (QED) is 0.266. The van der Waals surface area contributed by atoms with Crippen molar-refractivity contribution >= 4 is 39.3 Å². The lowest BCUT2D eigenvalue weighted by Crippen LogP contribution is -2.53. The summed E-state index contributed by atoms with van der Waals surface area (Å²) in [6.45, 7) is 2.18. The van der Waals surface area contributed by atoms with Crippen molar-refractivity contribution < 1.29 is 14.3 Å². The average Bonchev–Trinajstić information content (AvgIpc) is 3.44. The summed E-state index contributed by atoms with van der Waals surface area (Å²) < 4.78 is 6.76. The van der Waals surface area contributed by atoms with Gasteiger partial charge in [-0.05, 0) is 76.1 Å². The van der Waals surface area contributed by atoms with E-state index in [-0.39, 0.29) is 31.0 Å². The van der Waals surface area contributed by atoms with Gasteiger partial charge in [0.05, 0.1) is 4.47 Å². The number of amides is 2. The first-order valence-electron chi connectivity index (χ1n) is 13.2. The van der Waals surface area contributed by atoms with Crippen LogP contribution in [-0.4, -0.2) is 35.4 Å². The van der Waals surface area contributed by atoms with Gasteiger partial charge in [-0.15, -0.1) is 0 Å². The maximum Gasteiger partial charge on any atom is 0.261 e. The van der Waals surface area contributed by atoms with Gasteiger partial charge in [-0.1, -0.05) is 79.9 Å². The van der Waals surface area contributed by atoms with Crippen LogP contribution in [0.3, 0.4) is 0 Å². The van der Waals surface area contributed by atoms with E-state index in [9.17, 15) is 9.59 Å². The van der Waals surface area contributed by atoms with Crippen LogP contribution in [0.5, 0.6) is 5.75 Å². The van der Waals surface area contributed by atoms with Gasteiger partial charge in [-0.25, -0.2) is 0 Å².